The van der Waals surface area contributed by atoms with E-state index in [2.05, 4.69) is 0 Å². The van der Waals surface area contributed by atoms with Crippen molar-refractivity contribution in [1.82, 2.24) is 0 Å². The molecule has 84 valence electrons. The van der Waals surface area contributed by atoms with E-state index in [0.717, 1.165) is 0 Å². The minimum absolute atomic E-state index is 0.0734. The van der Waals surface area contributed by atoms with Crippen LogP contribution < -0.4 is 4.74 Å². The third kappa shape index (κ3) is 3.79. The molecule has 0 aromatic heterocycles. The van der Waals surface area contributed by atoms with Crippen molar-refractivity contribution in [3.05, 3.63) is 28.8 Å². The molecule has 0 radical (unpaired) electrons. The Labute approximate surface area is 98.0 Å². The Morgan fingerprint density at radius 2 is 2.31 bits per heavy atom. The predicted molar refractivity (Wildman–Crippen MR) is 58.5 cm³/mol. The summed E-state index contributed by atoms with van der Waals surface area (Å²) in [6, 6.07) is 6.68. The number of ether oxygens (including phenoxy) is 1. The van der Waals surface area contributed by atoms with Gasteiger partial charge in [-0.1, -0.05) is 11.6 Å². The van der Waals surface area contributed by atoms with E-state index in [1.54, 1.807) is 18.2 Å². The maximum Gasteiger partial charge on any atom is 0.303 e. The van der Waals surface area contributed by atoms with Crippen molar-refractivity contribution in [3.63, 3.8) is 0 Å². The highest BCUT2D eigenvalue weighted by Crippen LogP contribution is 2.21. The number of carboxylic acids is 1. The van der Waals surface area contributed by atoms with E-state index in [1.807, 2.05) is 6.07 Å². The molecule has 0 spiro atoms. The van der Waals surface area contributed by atoms with Crippen molar-refractivity contribution >= 4 is 17.6 Å². The minimum atomic E-state index is -0.846. The molecule has 0 atom stereocenters. The van der Waals surface area contributed by atoms with Crippen LogP contribution in [0.5, 0.6) is 5.75 Å². The number of aliphatic carboxylic acids is 1. The summed E-state index contributed by atoms with van der Waals surface area (Å²) in [7, 11) is 0. The smallest absolute Gasteiger partial charge is 0.303 e. The van der Waals surface area contributed by atoms with E-state index in [0.29, 0.717) is 29.4 Å². The predicted octanol–water partition coefficient (Wildman–Crippen LogP) is 2.46. The van der Waals surface area contributed by atoms with Crippen LogP contribution in [0.3, 0.4) is 0 Å². The highest BCUT2D eigenvalue weighted by atomic mass is 35.5. The molecule has 1 aromatic rings. The second-order valence-electron chi connectivity index (χ2n) is 3.10. The number of carboxylic acid groups (broad SMARTS) is 1. The fourth-order valence-corrected chi connectivity index (χ4v) is 1.30. The number of hydrogen-bond donors (Lipinski definition) is 1. The van der Waals surface area contributed by atoms with Gasteiger partial charge in [-0.05, 0) is 18.6 Å². The van der Waals surface area contributed by atoms with Crippen LogP contribution in [-0.4, -0.2) is 17.7 Å². The van der Waals surface area contributed by atoms with Gasteiger partial charge in [0.1, 0.15) is 11.8 Å². The lowest BCUT2D eigenvalue weighted by Gasteiger charge is -2.05. The van der Waals surface area contributed by atoms with Crippen molar-refractivity contribution in [1.29, 1.82) is 5.26 Å². The van der Waals surface area contributed by atoms with Crippen molar-refractivity contribution in [3.8, 4) is 11.8 Å². The van der Waals surface area contributed by atoms with Gasteiger partial charge in [0.25, 0.3) is 0 Å². The molecule has 0 bridgehead atoms. The first kappa shape index (κ1) is 12.3. The van der Waals surface area contributed by atoms with Crippen molar-refractivity contribution in [2.24, 2.45) is 0 Å². The number of hydrogen-bond acceptors (Lipinski definition) is 3. The summed E-state index contributed by atoms with van der Waals surface area (Å²) in [5.41, 5.74) is 0.388. The first-order valence-electron chi connectivity index (χ1n) is 4.67. The van der Waals surface area contributed by atoms with Crippen molar-refractivity contribution in [2.45, 2.75) is 12.8 Å². The molecule has 0 amide bonds. The molecule has 0 aliphatic heterocycles. The summed E-state index contributed by atoms with van der Waals surface area (Å²) < 4.78 is 5.28. The average Bonchev–Trinajstić information content (AvgIpc) is 2.24. The van der Waals surface area contributed by atoms with Gasteiger partial charge >= 0.3 is 5.97 Å². The molecule has 1 N–H and O–H groups in total. The normalized spacial score (nSPS) is 9.50. The lowest BCUT2D eigenvalue weighted by molar-refractivity contribution is -0.137. The zero-order valence-corrected chi connectivity index (χ0v) is 9.20. The molecule has 5 heteroatoms. The van der Waals surface area contributed by atoms with E-state index in [9.17, 15) is 4.79 Å². The lowest BCUT2D eigenvalue weighted by Crippen LogP contribution is -2.02. The lowest BCUT2D eigenvalue weighted by atomic mass is 10.2. The molecule has 0 aliphatic rings. The van der Waals surface area contributed by atoms with Crippen LogP contribution in [-0.2, 0) is 4.79 Å². The molecule has 0 fully saturated rings. The summed E-state index contributed by atoms with van der Waals surface area (Å²) in [6.07, 6.45) is 0.511. The summed E-state index contributed by atoms with van der Waals surface area (Å²) in [5, 5.41) is 17.4. The zero-order valence-electron chi connectivity index (χ0n) is 8.44. The molecule has 16 heavy (non-hydrogen) atoms. The van der Waals surface area contributed by atoms with Gasteiger partial charge in [0.15, 0.2) is 0 Å². The third-order valence-electron chi connectivity index (χ3n) is 1.86. The van der Waals surface area contributed by atoms with Gasteiger partial charge < -0.3 is 9.84 Å². The summed E-state index contributed by atoms with van der Waals surface area (Å²) in [4.78, 5) is 10.2. The second-order valence-corrected chi connectivity index (χ2v) is 3.51. The molecule has 0 saturated carbocycles. The number of benzene rings is 1. The number of halogens is 1. The van der Waals surface area contributed by atoms with Gasteiger partial charge in [0.2, 0.25) is 0 Å². The highest BCUT2D eigenvalue weighted by Gasteiger charge is 2.02. The molecule has 1 rings (SSSR count). The fraction of sp³-hybridized carbons (Fsp3) is 0.273. The van der Waals surface area contributed by atoms with Crippen molar-refractivity contribution < 1.29 is 14.6 Å². The molecule has 0 heterocycles. The first-order valence-corrected chi connectivity index (χ1v) is 5.05. The molecular weight excluding hydrogens is 230 g/mol. The van der Waals surface area contributed by atoms with Gasteiger partial charge in [-0.2, -0.15) is 5.26 Å². The van der Waals surface area contributed by atoms with Crippen molar-refractivity contribution in [2.75, 3.05) is 6.61 Å². The minimum Gasteiger partial charge on any atom is -0.494 e. The Bertz CT molecular complexity index is 426. The fourth-order valence-electron chi connectivity index (χ4n) is 1.09. The summed E-state index contributed by atoms with van der Waals surface area (Å²) >= 11 is 5.80. The number of rotatable bonds is 5. The zero-order chi connectivity index (χ0) is 12.0. The Morgan fingerprint density at radius 3 is 2.88 bits per heavy atom. The Hall–Kier alpha value is -1.73. The number of carbonyl (C=O) groups is 1. The third-order valence-corrected chi connectivity index (χ3v) is 2.18. The number of nitrogens with zero attached hydrogens (tertiary/aromatic N) is 1. The quantitative estimate of drug-likeness (QED) is 0.802. The highest BCUT2D eigenvalue weighted by molar-refractivity contribution is 6.31. The second kappa shape index (κ2) is 5.99. The average molecular weight is 240 g/mol. The monoisotopic (exact) mass is 239 g/mol. The molecule has 0 unspecified atom stereocenters. The van der Waals surface area contributed by atoms with Crippen LogP contribution in [0.4, 0.5) is 0 Å². The summed E-state index contributed by atoms with van der Waals surface area (Å²) in [5.74, 6) is -0.309. The topological polar surface area (TPSA) is 70.3 Å². The maximum atomic E-state index is 10.2. The standard InChI is InChI=1S/C11H10ClNO3/c12-10-6-9(4-3-8(10)7-13)16-5-1-2-11(14)15/h3-4,6H,1-2,5H2,(H,14,15). The van der Waals surface area contributed by atoms with Crippen LogP contribution in [0.1, 0.15) is 18.4 Å². The Balaban J connectivity index is 2.47. The van der Waals surface area contributed by atoms with Gasteiger partial charge in [-0.15, -0.1) is 0 Å². The van der Waals surface area contributed by atoms with E-state index in [-0.39, 0.29) is 6.42 Å². The molecule has 1 aromatic carbocycles. The Kier molecular flexibility index (Phi) is 4.62. The van der Waals surface area contributed by atoms with E-state index in [1.165, 1.54) is 0 Å². The van der Waals surface area contributed by atoms with E-state index < -0.39 is 5.97 Å². The van der Waals surface area contributed by atoms with Gasteiger partial charge in [0, 0.05) is 12.5 Å². The number of nitriles is 1. The van der Waals surface area contributed by atoms with Crippen LogP contribution in [0.2, 0.25) is 5.02 Å². The van der Waals surface area contributed by atoms with Crippen LogP contribution in [0, 0.1) is 11.3 Å². The molecule has 0 aliphatic carbocycles. The molecular formula is C11H10ClNO3. The van der Waals surface area contributed by atoms with E-state index >= 15 is 0 Å². The maximum absolute atomic E-state index is 10.2. The largest absolute Gasteiger partial charge is 0.494 e. The summed E-state index contributed by atoms with van der Waals surface area (Å²) in [6.45, 7) is 0.314. The van der Waals surface area contributed by atoms with Gasteiger partial charge in [0.05, 0.1) is 17.2 Å². The van der Waals surface area contributed by atoms with Crippen LogP contribution >= 0.6 is 11.6 Å². The molecule has 0 saturated heterocycles. The van der Waals surface area contributed by atoms with E-state index in [4.69, 9.17) is 26.7 Å². The van der Waals surface area contributed by atoms with Gasteiger partial charge in [-0.3, -0.25) is 4.79 Å². The van der Waals surface area contributed by atoms with Crippen LogP contribution in [0.25, 0.3) is 0 Å². The first-order chi connectivity index (χ1) is 7.63. The van der Waals surface area contributed by atoms with Crippen LogP contribution in [0.15, 0.2) is 18.2 Å². The van der Waals surface area contributed by atoms with Gasteiger partial charge in [-0.25, -0.2) is 0 Å². The Morgan fingerprint density at radius 1 is 1.56 bits per heavy atom. The molecule has 4 nitrogen and oxygen atoms in total. The SMILES string of the molecule is N#Cc1ccc(OCCCC(=O)O)cc1Cl.